The third kappa shape index (κ3) is 3.90. The van der Waals surface area contributed by atoms with E-state index >= 15 is 0 Å². The van der Waals surface area contributed by atoms with Crippen LogP contribution in [0.25, 0.3) is 0 Å². The van der Waals surface area contributed by atoms with E-state index in [4.69, 9.17) is 4.74 Å². The summed E-state index contributed by atoms with van der Waals surface area (Å²) >= 11 is 0. The van der Waals surface area contributed by atoms with Crippen LogP contribution in [0.3, 0.4) is 0 Å². The number of nitrogens with zero attached hydrogens (tertiary/aromatic N) is 3. The second-order valence-electron chi connectivity index (χ2n) is 5.68. The number of hydrogen-bond donors (Lipinski definition) is 1. The van der Waals surface area contributed by atoms with Crippen molar-refractivity contribution in [3.05, 3.63) is 0 Å². The topological polar surface area (TPSA) is 39.2 Å². The SMILES string of the molecule is CN(C)CCN1CCN(C2COCCC2O)CC1. The average Bonchev–Trinajstić information content (AvgIpc) is 2.38. The summed E-state index contributed by atoms with van der Waals surface area (Å²) in [5, 5.41) is 10.0. The van der Waals surface area contributed by atoms with E-state index in [-0.39, 0.29) is 12.1 Å². The minimum atomic E-state index is -0.202. The molecule has 0 radical (unpaired) electrons. The molecule has 2 heterocycles. The molecule has 1 N–H and O–H groups in total. The summed E-state index contributed by atoms with van der Waals surface area (Å²) in [4.78, 5) is 7.13. The molecule has 0 aliphatic carbocycles. The van der Waals surface area contributed by atoms with E-state index in [2.05, 4.69) is 28.8 Å². The molecule has 2 saturated heterocycles. The Hall–Kier alpha value is -0.200. The van der Waals surface area contributed by atoms with Gasteiger partial charge in [0.15, 0.2) is 0 Å². The lowest BCUT2D eigenvalue weighted by molar-refractivity contribution is -0.0717. The molecule has 0 amide bonds. The van der Waals surface area contributed by atoms with Gasteiger partial charge in [-0.3, -0.25) is 9.80 Å². The van der Waals surface area contributed by atoms with Crippen LogP contribution in [0.1, 0.15) is 6.42 Å². The van der Waals surface area contributed by atoms with Crippen molar-refractivity contribution in [3.63, 3.8) is 0 Å². The van der Waals surface area contributed by atoms with Crippen molar-refractivity contribution in [2.45, 2.75) is 18.6 Å². The Balaban J connectivity index is 1.72. The van der Waals surface area contributed by atoms with Crippen molar-refractivity contribution in [3.8, 4) is 0 Å². The maximum absolute atomic E-state index is 10.0. The van der Waals surface area contributed by atoms with E-state index in [1.807, 2.05) is 0 Å². The molecule has 0 bridgehead atoms. The Morgan fingerprint density at radius 3 is 2.56 bits per heavy atom. The Bertz CT molecular complexity index is 242. The van der Waals surface area contributed by atoms with Crippen LogP contribution >= 0.6 is 0 Å². The molecule has 18 heavy (non-hydrogen) atoms. The molecule has 106 valence electrons. The van der Waals surface area contributed by atoms with E-state index in [1.165, 1.54) is 0 Å². The van der Waals surface area contributed by atoms with Crippen LogP contribution < -0.4 is 0 Å². The lowest BCUT2D eigenvalue weighted by atomic mass is 10.0. The van der Waals surface area contributed by atoms with Gasteiger partial charge in [0.2, 0.25) is 0 Å². The van der Waals surface area contributed by atoms with Gasteiger partial charge >= 0.3 is 0 Å². The van der Waals surface area contributed by atoms with Gasteiger partial charge in [-0.05, 0) is 20.5 Å². The molecule has 0 aromatic carbocycles. The number of piperazine rings is 1. The summed E-state index contributed by atoms with van der Waals surface area (Å²) in [6, 6.07) is 0.217. The number of ether oxygens (including phenoxy) is 1. The van der Waals surface area contributed by atoms with E-state index < -0.39 is 0 Å². The molecule has 0 aromatic heterocycles. The molecule has 5 nitrogen and oxygen atoms in total. The fourth-order valence-electron chi connectivity index (χ4n) is 2.72. The quantitative estimate of drug-likeness (QED) is 0.722. The van der Waals surface area contributed by atoms with Crippen LogP contribution in [0.15, 0.2) is 0 Å². The molecule has 2 aliphatic heterocycles. The summed E-state index contributed by atoms with van der Waals surface area (Å²) < 4.78 is 5.49. The summed E-state index contributed by atoms with van der Waals surface area (Å²) in [6.45, 7) is 7.99. The maximum atomic E-state index is 10.0. The predicted molar refractivity (Wildman–Crippen MR) is 71.8 cm³/mol. The van der Waals surface area contributed by atoms with Crippen molar-refractivity contribution in [2.24, 2.45) is 0 Å². The maximum Gasteiger partial charge on any atom is 0.0739 e. The Morgan fingerprint density at radius 2 is 1.94 bits per heavy atom. The highest BCUT2D eigenvalue weighted by atomic mass is 16.5. The lowest BCUT2D eigenvalue weighted by Gasteiger charge is -2.42. The van der Waals surface area contributed by atoms with Crippen molar-refractivity contribution >= 4 is 0 Å². The van der Waals surface area contributed by atoms with Crippen LogP contribution in [0, 0.1) is 0 Å². The number of likely N-dealkylation sites (N-methyl/N-ethyl adjacent to an activating group) is 1. The third-order valence-electron chi connectivity index (χ3n) is 4.03. The molecule has 0 spiro atoms. The predicted octanol–water partition coefficient (Wildman–Crippen LogP) is -0.685. The van der Waals surface area contributed by atoms with Crippen LogP contribution in [0.2, 0.25) is 0 Å². The number of hydrogen-bond acceptors (Lipinski definition) is 5. The molecule has 2 atom stereocenters. The highest BCUT2D eigenvalue weighted by molar-refractivity contribution is 4.85. The molecule has 0 aromatic rings. The minimum absolute atomic E-state index is 0.202. The number of aliphatic hydroxyl groups excluding tert-OH is 1. The molecule has 2 unspecified atom stereocenters. The highest BCUT2D eigenvalue weighted by Gasteiger charge is 2.31. The molecular formula is C13H27N3O2. The monoisotopic (exact) mass is 257 g/mol. The number of rotatable bonds is 4. The van der Waals surface area contributed by atoms with Crippen molar-refractivity contribution in [1.29, 1.82) is 0 Å². The van der Waals surface area contributed by atoms with Gasteiger partial charge in [-0.1, -0.05) is 0 Å². The van der Waals surface area contributed by atoms with Gasteiger partial charge in [-0.25, -0.2) is 0 Å². The molecule has 2 fully saturated rings. The second kappa shape index (κ2) is 6.82. The zero-order valence-corrected chi connectivity index (χ0v) is 11.7. The van der Waals surface area contributed by atoms with Gasteiger partial charge in [-0.15, -0.1) is 0 Å². The van der Waals surface area contributed by atoms with Gasteiger partial charge in [0, 0.05) is 45.9 Å². The summed E-state index contributed by atoms with van der Waals surface area (Å²) in [6.07, 6.45) is 0.581. The summed E-state index contributed by atoms with van der Waals surface area (Å²) in [5.41, 5.74) is 0. The van der Waals surface area contributed by atoms with E-state index in [1.54, 1.807) is 0 Å². The molecule has 0 saturated carbocycles. The van der Waals surface area contributed by atoms with E-state index in [0.717, 1.165) is 45.7 Å². The fraction of sp³-hybridized carbons (Fsp3) is 1.00. The zero-order chi connectivity index (χ0) is 13.0. The zero-order valence-electron chi connectivity index (χ0n) is 11.7. The van der Waals surface area contributed by atoms with Gasteiger partial charge < -0.3 is 14.7 Å². The van der Waals surface area contributed by atoms with E-state index in [9.17, 15) is 5.11 Å². The summed E-state index contributed by atoms with van der Waals surface area (Å²) in [5.74, 6) is 0. The first-order valence-electron chi connectivity index (χ1n) is 7.04. The largest absolute Gasteiger partial charge is 0.391 e. The van der Waals surface area contributed by atoms with Crippen molar-refractivity contribution in [1.82, 2.24) is 14.7 Å². The Morgan fingerprint density at radius 1 is 1.22 bits per heavy atom. The molecule has 2 aliphatic rings. The first kappa shape index (κ1) is 14.2. The van der Waals surface area contributed by atoms with Gasteiger partial charge in [0.25, 0.3) is 0 Å². The molecule has 2 rings (SSSR count). The van der Waals surface area contributed by atoms with Crippen LogP contribution in [0.5, 0.6) is 0 Å². The van der Waals surface area contributed by atoms with Gasteiger partial charge in [0.05, 0.1) is 18.8 Å². The normalized spacial score (nSPS) is 32.0. The lowest BCUT2D eigenvalue weighted by Crippen LogP contribution is -2.57. The van der Waals surface area contributed by atoms with Crippen molar-refractivity contribution < 1.29 is 9.84 Å². The van der Waals surface area contributed by atoms with E-state index in [0.29, 0.717) is 13.2 Å². The Kier molecular flexibility index (Phi) is 5.38. The van der Waals surface area contributed by atoms with Gasteiger partial charge in [0.1, 0.15) is 0 Å². The third-order valence-corrected chi connectivity index (χ3v) is 4.03. The molecule has 5 heteroatoms. The van der Waals surface area contributed by atoms with Crippen molar-refractivity contribution in [2.75, 3.05) is 66.6 Å². The average molecular weight is 257 g/mol. The Labute approximate surface area is 110 Å². The highest BCUT2D eigenvalue weighted by Crippen LogP contribution is 2.16. The van der Waals surface area contributed by atoms with Crippen LogP contribution in [0.4, 0.5) is 0 Å². The standard InChI is InChI=1S/C13H27N3O2/c1-14(2)4-5-15-6-8-16(9-7-15)12-11-18-10-3-13(12)17/h12-13,17H,3-11H2,1-2H3. The fourth-order valence-corrected chi connectivity index (χ4v) is 2.72. The molecular weight excluding hydrogens is 230 g/mol. The second-order valence-corrected chi connectivity index (χ2v) is 5.68. The van der Waals surface area contributed by atoms with Crippen LogP contribution in [-0.2, 0) is 4.74 Å². The summed E-state index contributed by atoms with van der Waals surface area (Å²) in [7, 11) is 4.23. The van der Waals surface area contributed by atoms with Gasteiger partial charge in [-0.2, -0.15) is 0 Å². The number of aliphatic hydroxyl groups is 1. The minimum Gasteiger partial charge on any atom is -0.391 e. The first-order chi connectivity index (χ1) is 8.66. The smallest absolute Gasteiger partial charge is 0.0739 e. The van der Waals surface area contributed by atoms with Crippen LogP contribution in [-0.4, -0.2) is 98.5 Å². The first-order valence-corrected chi connectivity index (χ1v) is 7.04.